The maximum Gasteiger partial charge on any atom is 0.263 e. The summed E-state index contributed by atoms with van der Waals surface area (Å²) in [6.07, 6.45) is 1.34. The molecule has 3 rings (SSSR count). The molecule has 114 valence electrons. The number of hydrogen-bond acceptors (Lipinski definition) is 4. The highest BCUT2D eigenvalue weighted by atomic mass is 16.2. The van der Waals surface area contributed by atoms with Gasteiger partial charge in [-0.15, -0.1) is 0 Å². The Morgan fingerprint density at radius 1 is 1.14 bits per heavy atom. The number of carbonyl (C=O) groups excluding carboxylic acids is 1. The monoisotopic (exact) mass is 296 g/mol. The smallest absolute Gasteiger partial charge is 0.263 e. The van der Waals surface area contributed by atoms with Crippen molar-refractivity contribution in [3.8, 4) is 0 Å². The molecule has 0 bridgehead atoms. The molecule has 0 spiro atoms. The Morgan fingerprint density at radius 2 is 1.95 bits per heavy atom. The summed E-state index contributed by atoms with van der Waals surface area (Å²) in [5.74, 6) is 1.12. The average Bonchev–Trinajstić information content (AvgIpc) is 2.50. The van der Waals surface area contributed by atoms with Gasteiger partial charge in [0, 0.05) is 17.5 Å². The van der Waals surface area contributed by atoms with Crippen LogP contribution in [0.3, 0.4) is 0 Å². The second kappa shape index (κ2) is 6.13. The molecule has 1 atom stereocenters. The van der Waals surface area contributed by atoms with Crippen molar-refractivity contribution in [2.24, 2.45) is 10.9 Å². The molecule has 1 aromatic carbocycles. The topological polar surface area (TPSA) is 66.4 Å². The predicted molar refractivity (Wildman–Crippen MR) is 87.4 cm³/mol. The molecule has 0 aliphatic carbocycles. The van der Waals surface area contributed by atoms with Crippen LogP contribution in [0.2, 0.25) is 0 Å². The summed E-state index contributed by atoms with van der Waals surface area (Å²) in [6, 6.07) is 11.8. The normalized spacial score (nSPS) is 18.0. The van der Waals surface area contributed by atoms with E-state index in [1.807, 2.05) is 30.3 Å². The van der Waals surface area contributed by atoms with Gasteiger partial charge in [-0.3, -0.25) is 25.6 Å². The van der Waals surface area contributed by atoms with Crippen LogP contribution in [0.15, 0.2) is 41.4 Å². The van der Waals surface area contributed by atoms with Gasteiger partial charge in [-0.1, -0.05) is 38.1 Å². The molecule has 2 N–H and O–H groups in total. The zero-order valence-electron chi connectivity index (χ0n) is 12.8. The number of pyridine rings is 1. The van der Waals surface area contributed by atoms with Crippen molar-refractivity contribution >= 4 is 22.6 Å². The molecule has 0 radical (unpaired) electrons. The van der Waals surface area contributed by atoms with Crippen LogP contribution in [0.25, 0.3) is 10.9 Å². The number of nitrogens with one attached hydrogen (secondary N) is 2. The van der Waals surface area contributed by atoms with E-state index in [1.54, 1.807) is 0 Å². The van der Waals surface area contributed by atoms with Gasteiger partial charge < -0.3 is 0 Å². The Kier molecular flexibility index (Phi) is 4.04. The zero-order valence-corrected chi connectivity index (χ0v) is 12.8. The first kappa shape index (κ1) is 14.5. The summed E-state index contributed by atoms with van der Waals surface area (Å²) in [7, 11) is 0. The molecular weight excluding hydrogens is 276 g/mol. The third-order valence-corrected chi connectivity index (χ3v) is 3.64. The Morgan fingerprint density at radius 3 is 2.77 bits per heavy atom. The molecular formula is C17H20N4O. The number of aliphatic imine (C=N–C) groups is 1. The molecule has 1 unspecified atom stereocenters. The molecule has 0 fully saturated rings. The maximum absolute atomic E-state index is 11.8. The zero-order chi connectivity index (χ0) is 15.5. The number of rotatable bonds is 4. The van der Waals surface area contributed by atoms with E-state index >= 15 is 0 Å². The summed E-state index contributed by atoms with van der Waals surface area (Å²) in [5, 5.41) is 1.12. The molecule has 5 heteroatoms. The first-order valence-corrected chi connectivity index (χ1v) is 7.59. The minimum absolute atomic E-state index is 0.0658. The van der Waals surface area contributed by atoms with Crippen LogP contribution in [-0.4, -0.2) is 22.8 Å². The Bertz CT molecular complexity index is 723. The number of carbonyl (C=O) groups is 1. The highest BCUT2D eigenvalue weighted by Gasteiger charge is 2.23. The molecule has 5 nitrogen and oxygen atoms in total. The lowest BCUT2D eigenvalue weighted by molar-refractivity contribution is -0.123. The van der Waals surface area contributed by atoms with Crippen molar-refractivity contribution in [2.75, 3.05) is 0 Å². The standard InChI is InChI=1S/C17H20N4O/c1-11(2)9-15-17(22)21-20-16(19-15)10-13-8-7-12-5-3-4-6-14(12)18-13/h3-8,11,15H,9-10H2,1-2H3,(H,19,20)(H,21,22). The number of hydrazine groups is 1. The van der Waals surface area contributed by atoms with Crippen LogP contribution in [0.1, 0.15) is 26.0 Å². The third kappa shape index (κ3) is 3.24. The molecule has 1 aliphatic rings. The van der Waals surface area contributed by atoms with Gasteiger partial charge in [-0.25, -0.2) is 0 Å². The average molecular weight is 296 g/mol. The molecule has 1 amide bonds. The second-order valence-electron chi connectivity index (χ2n) is 6.01. The summed E-state index contributed by atoms with van der Waals surface area (Å²) < 4.78 is 0. The Labute approximate surface area is 129 Å². The SMILES string of the molecule is CC(C)CC1N=C(Cc2ccc3ccccc3n2)NNC1=O. The molecule has 22 heavy (non-hydrogen) atoms. The third-order valence-electron chi connectivity index (χ3n) is 3.64. The number of fused-ring (bicyclic) bond motifs is 1. The highest BCUT2D eigenvalue weighted by molar-refractivity contribution is 5.94. The summed E-state index contributed by atoms with van der Waals surface area (Å²) >= 11 is 0. The van der Waals surface area contributed by atoms with E-state index < -0.39 is 0 Å². The fourth-order valence-electron chi connectivity index (χ4n) is 2.57. The van der Waals surface area contributed by atoms with Gasteiger partial charge in [0.1, 0.15) is 11.9 Å². The van der Waals surface area contributed by atoms with Crippen molar-refractivity contribution < 1.29 is 4.79 Å². The Hall–Kier alpha value is -2.43. The maximum atomic E-state index is 11.8. The van der Waals surface area contributed by atoms with E-state index in [1.165, 1.54) is 0 Å². The van der Waals surface area contributed by atoms with Crippen LogP contribution in [0.4, 0.5) is 0 Å². The molecule has 1 aromatic heterocycles. The van der Waals surface area contributed by atoms with Crippen LogP contribution in [0, 0.1) is 5.92 Å². The number of amidine groups is 1. The summed E-state index contributed by atoms with van der Waals surface area (Å²) in [5.41, 5.74) is 7.48. The predicted octanol–water partition coefficient (Wildman–Crippen LogP) is 2.22. The van der Waals surface area contributed by atoms with Crippen molar-refractivity contribution in [2.45, 2.75) is 32.7 Å². The lowest BCUT2D eigenvalue weighted by Crippen LogP contribution is -2.52. The molecule has 0 saturated carbocycles. The van der Waals surface area contributed by atoms with Gasteiger partial charge in [-0.2, -0.15) is 0 Å². The van der Waals surface area contributed by atoms with E-state index in [2.05, 4.69) is 40.7 Å². The van der Waals surface area contributed by atoms with Crippen LogP contribution < -0.4 is 10.9 Å². The van der Waals surface area contributed by atoms with Crippen LogP contribution in [-0.2, 0) is 11.2 Å². The molecule has 1 aliphatic heterocycles. The number of para-hydroxylation sites is 1. The first-order valence-electron chi connectivity index (χ1n) is 7.59. The van der Waals surface area contributed by atoms with E-state index in [-0.39, 0.29) is 11.9 Å². The van der Waals surface area contributed by atoms with Gasteiger partial charge >= 0.3 is 0 Å². The quantitative estimate of drug-likeness (QED) is 0.909. The van der Waals surface area contributed by atoms with E-state index in [4.69, 9.17) is 0 Å². The second-order valence-corrected chi connectivity index (χ2v) is 6.01. The van der Waals surface area contributed by atoms with Crippen molar-refractivity contribution in [3.05, 3.63) is 42.1 Å². The van der Waals surface area contributed by atoms with Crippen LogP contribution >= 0.6 is 0 Å². The van der Waals surface area contributed by atoms with E-state index in [0.717, 1.165) is 28.9 Å². The largest absolute Gasteiger partial charge is 0.285 e. The number of amides is 1. The van der Waals surface area contributed by atoms with Gasteiger partial charge in [0.2, 0.25) is 0 Å². The lowest BCUT2D eigenvalue weighted by atomic mass is 10.0. The minimum Gasteiger partial charge on any atom is -0.285 e. The fourth-order valence-corrected chi connectivity index (χ4v) is 2.57. The van der Waals surface area contributed by atoms with Crippen molar-refractivity contribution in [1.82, 2.24) is 15.8 Å². The fraction of sp³-hybridized carbons (Fsp3) is 0.353. The van der Waals surface area contributed by atoms with Crippen LogP contribution in [0.5, 0.6) is 0 Å². The number of hydrogen-bond donors (Lipinski definition) is 2. The van der Waals surface area contributed by atoms with E-state index in [9.17, 15) is 4.79 Å². The highest BCUT2D eigenvalue weighted by Crippen LogP contribution is 2.14. The molecule has 0 saturated heterocycles. The van der Waals surface area contributed by atoms with Gasteiger partial charge in [0.15, 0.2) is 0 Å². The molecule has 2 aromatic rings. The number of nitrogens with zero attached hydrogens (tertiary/aromatic N) is 2. The summed E-state index contributed by atoms with van der Waals surface area (Å²) in [4.78, 5) is 21.0. The Balaban J connectivity index is 1.79. The number of aromatic nitrogens is 1. The van der Waals surface area contributed by atoms with Gasteiger partial charge in [0.05, 0.1) is 5.52 Å². The van der Waals surface area contributed by atoms with Crippen molar-refractivity contribution in [1.29, 1.82) is 0 Å². The van der Waals surface area contributed by atoms with Gasteiger partial charge in [-0.05, 0) is 24.5 Å². The lowest BCUT2D eigenvalue weighted by Gasteiger charge is -2.23. The first-order chi connectivity index (χ1) is 10.6. The van der Waals surface area contributed by atoms with Gasteiger partial charge in [0.25, 0.3) is 5.91 Å². The van der Waals surface area contributed by atoms with Crippen molar-refractivity contribution in [3.63, 3.8) is 0 Å². The molecule has 2 heterocycles. The number of benzene rings is 1. The summed E-state index contributed by atoms with van der Waals surface area (Å²) in [6.45, 7) is 4.19. The minimum atomic E-state index is -0.309. The van der Waals surface area contributed by atoms with E-state index in [0.29, 0.717) is 12.3 Å².